The third-order valence-corrected chi connectivity index (χ3v) is 4.23. The Morgan fingerprint density at radius 3 is 2.27 bits per heavy atom. The molecule has 1 fully saturated rings. The highest BCUT2D eigenvalue weighted by molar-refractivity contribution is 5.93. The van der Waals surface area contributed by atoms with Crippen molar-refractivity contribution in [2.45, 2.75) is 65.6 Å². The summed E-state index contributed by atoms with van der Waals surface area (Å²) in [5, 5.41) is 5.71. The fourth-order valence-corrected chi connectivity index (χ4v) is 2.67. The fourth-order valence-electron chi connectivity index (χ4n) is 2.67. The summed E-state index contributed by atoms with van der Waals surface area (Å²) in [6, 6.07) is -1.37. The molecule has 1 unspecified atom stereocenters. The Balaban J connectivity index is 2.95. The topological polar surface area (TPSA) is 78.5 Å². The van der Waals surface area contributed by atoms with E-state index in [1.165, 1.54) is 6.92 Å². The largest absolute Gasteiger partial charge is 0.342 e. The number of rotatable bonds is 5. The van der Waals surface area contributed by atoms with Crippen molar-refractivity contribution < 1.29 is 14.4 Å². The van der Waals surface area contributed by atoms with E-state index < -0.39 is 11.5 Å². The van der Waals surface area contributed by atoms with Crippen LogP contribution in [0.15, 0.2) is 0 Å². The van der Waals surface area contributed by atoms with Crippen molar-refractivity contribution in [1.82, 2.24) is 15.5 Å². The first kappa shape index (κ1) is 18.6. The number of nitrogens with zero attached hydrogens (tertiary/aromatic N) is 1. The van der Waals surface area contributed by atoms with E-state index in [1.807, 2.05) is 20.8 Å². The van der Waals surface area contributed by atoms with Crippen molar-refractivity contribution in [1.29, 1.82) is 0 Å². The van der Waals surface area contributed by atoms with Crippen LogP contribution in [-0.4, -0.2) is 54.2 Å². The van der Waals surface area contributed by atoms with Gasteiger partial charge in [0.05, 0.1) is 12.1 Å². The highest BCUT2D eigenvalue weighted by atomic mass is 16.2. The molecular formula is C16H29N3O3. The van der Waals surface area contributed by atoms with Gasteiger partial charge in [-0.2, -0.15) is 0 Å². The molecule has 6 heteroatoms. The van der Waals surface area contributed by atoms with Gasteiger partial charge in [0.25, 0.3) is 0 Å². The van der Waals surface area contributed by atoms with Gasteiger partial charge in [-0.25, -0.2) is 0 Å². The maximum absolute atomic E-state index is 12.9. The van der Waals surface area contributed by atoms with Crippen molar-refractivity contribution >= 4 is 17.6 Å². The lowest BCUT2D eigenvalue weighted by atomic mass is 9.85. The van der Waals surface area contributed by atoms with Gasteiger partial charge in [0.1, 0.15) is 6.04 Å². The molecule has 126 valence electrons. The summed E-state index contributed by atoms with van der Waals surface area (Å²) < 4.78 is 0. The zero-order chi connectivity index (χ0) is 17.1. The Kier molecular flexibility index (Phi) is 6.11. The monoisotopic (exact) mass is 311 g/mol. The van der Waals surface area contributed by atoms with Gasteiger partial charge in [-0.05, 0) is 39.2 Å². The molecule has 0 aromatic heterocycles. The summed E-state index contributed by atoms with van der Waals surface area (Å²) in [4.78, 5) is 38.4. The van der Waals surface area contributed by atoms with Crippen LogP contribution in [0.5, 0.6) is 0 Å². The number of likely N-dealkylation sites (tertiary alicyclic amines) is 1. The first-order valence-electron chi connectivity index (χ1n) is 7.88. The first-order valence-corrected chi connectivity index (χ1v) is 7.88. The Hall–Kier alpha value is -1.43. The number of Topliss-reactive ketones (excluding diaryl/α,β-unsaturated/α-hetero) is 1. The van der Waals surface area contributed by atoms with Gasteiger partial charge < -0.3 is 15.5 Å². The van der Waals surface area contributed by atoms with Gasteiger partial charge in [-0.15, -0.1) is 0 Å². The van der Waals surface area contributed by atoms with Gasteiger partial charge >= 0.3 is 0 Å². The first-order chi connectivity index (χ1) is 10.1. The van der Waals surface area contributed by atoms with Crippen molar-refractivity contribution in [2.24, 2.45) is 5.41 Å². The van der Waals surface area contributed by atoms with Crippen LogP contribution in [0.2, 0.25) is 0 Å². The van der Waals surface area contributed by atoms with Crippen LogP contribution in [0.1, 0.15) is 47.5 Å². The molecule has 0 bridgehead atoms. The van der Waals surface area contributed by atoms with E-state index in [9.17, 15) is 14.4 Å². The molecule has 0 aliphatic carbocycles. The lowest BCUT2D eigenvalue weighted by Crippen LogP contribution is -2.58. The second kappa shape index (κ2) is 7.22. The average Bonchev–Trinajstić information content (AvgIpc) is 2.91. The van der Waals surface area contributed by atoms with E-state index in [0.29, 0.717) is 13.0 Å². The van der Waals surface area contributed by atoms with Crippen LogP contribution in [0.25, 0.3) is 0 Å². The van der Waals surface area contributed by atoms with Crippen LogP contribution in [0.4, 0.5) is 0 Å². The number of hydrogen-bond acceptors (Lipinski definition) is 4. The molecule has 0 aromatic carbocycles. The second-order valence-electron chi connectivity index (χ2n) is 7.12. The number of amides is 2. The highest BCUT2D eigenvalue weighted by Crippen LogP contribution is 2.26. The molecule has 1 rings (SSSR count). The summed E-state index contributed by atoms with van der Waals surface area (Å²) in [5.74, 6) is -0.371. The van der Waals surface area contributed by atoms with Crippen LogP contribution >= 0.6 is 0 Å². The van der Waals surface area contributed by atoms with Crippen molar-refractivity contribution in [3.05, 3.63) is 0 Å². The second-order valence-corrected chi connectivity index (χ2v) is 7.12. The molecule has 3 atom stereocenters. The van der Waals surface area contributed by atoms with E-state index in [1.54, 1.807) is 18.9 Å². The van der Waals surface area contributed by atoms with Crippen LogP contribution in [0, 0.1) is 5.41 Å². The summed E-state index contributed by atoms with van der Waals surface area (Å²) >= 11 is 0. The minimum atomic E-state index is -0.643. The molecule has 6 nitrogen and oxygen atoms in total. The number of carbonyl (C=O) groups is 3. The molecule has 2 N–H and O–H groups in total. The SMILES string of the molecule is CNC(C)C(=O)N[C@H](C(=O)N1CCC[C@H]1C(C)=O)C(C)(C)C. The maximum atomic E-state index is 12.9. The summed E-state index contributed by atoms with van der Waals surface area (Å²) in [7, 11) is 1.70. The lowest BCUT2D eigenvalue weighted by Gasteiger charge is -2.35. The smallest absolute Gasteiger partial charge is 0.246 e. The summed E-state index contributed by atoms with van der Waals surface area (Å²) in [6.07, 6.45) is 1.53. The minimum Gasteiger partial charge on any atom is -0.342 e. The maximum Gasteiger partial charge on any atom is 0.246 e. The number of ketones is 1. The third-order valence-electron chi connectivity index (χ3n) is 4.23. The normalized spacial score (nSPS) is 21.4. The number of likely N-dealkylation sites (N-methyl/N-ethyl adjacent to an activating group) is 1. The fraction of sp³-hybridized carbons (Fsp3) is 0.812. The summed E-state index contributed by atoms with van der Waals surface area (Å²) in [6.45, 7) is 9.58. The molecule has 2 amide bonds. The van der Waals surface area contributed by atoms with E-state index in [0.717, 1.165) is 6.42 Å². The third kappa shape index (κ3) is 4.29. The standard InChI is InChI=1S/C16H29N3O3/c1-10(17-6)14(21)18-13(16(3,4)5)15(22)19-9-7-8-12(19)11(2)20/h10,12-13,17H,7-9H2,1-6H3,(H,18,21)/t10?,12-,13+/m0/s1. The van der Waals surface area contributed by atoms with E-state index in [-0.39, 0.29) is 29.7 Å². The van der Waals surface area contributed by atoms with Crippen LogP contribution in [-0.2, 0) is 14.4 Å². The van der Waals surface area contributed by atoms with Crippen molar-refractivity contribution in [3.63, 3.8) is 0 Å². The van der Waals surface area contributed by atoms with Gasteiger partial charge in [0.15, 0.2) is 5.78 Å². The Bertz CT molecular complexity index is 442. The van der Waals surface area contributed by atoms with Gasteiger partial charge in [0, 0.05) is 6.54 Å². The predicted octanol–water partition coefficient (Wildman–Crippen LogP) is 0.705. The van der Waals surface area contributed by atoms with Gasteiger partial charge in [-0.1, -0.05) is 20.8 Å². The van der Waals surface area contributed by atoms with Gasteiger partial charge in [-0.3, -0.25) is 14.4 Å². The molecule has 0 aromatic rings. The molecule has 0 radical (unpaired) electrons. The van der Waals surface area contributed by atoms with Crippen molar-refractivity contribution in [2.75, 3.05) is 13.6 Å². The molecular weight excluding hydrogens is 282 g/mol. The van der Waals surface area contributed by atoms with E-state index in [4.69, 9.17) is 0 Å². The van der Waals surface area contributed by atoms with Crippen LogP contribution in [0.3, 0.4) is 0 Å². The Morgan fingerprint density at radius 1 is 1.23 bits per heavy atom. The number of carbonyl (C=O) groups excluding carboxylic acids is 3. The summed E-state index contributed by atoms with van der Waals surface area (Å²) in [5.41, 5.74) is -0.426. The number of hydrogen-bond donors (Lipinski definition) is 2. The molecule has 1 aliphatic heterocycles. The van der Waals surface area contributed by atoms with Crippen LogP contribution < -0.4 is 10.6 Å². The van der Waals surface area contributed by atoms with Crippen molar-refractivity contribution in [3.8, 4) is 0 Å². The van der Waals surface area contributed by atoms with Gasteiger partial charge in [0.2, 0.25) is 11.8 Å². The Morgan fingerprint density at radius 2 is 1.82 bits per heavy atom. The lowest BCUT2D eigenvalue weighted by molar-refractivity contribution is -0.143. The Labute approximate surface area is 133 Å². The molecule has 0 spiro atoms. The zero-order valence-corrected chi connectivity index (χ0v) is 14.5. The molecule has 1 aliphatic rings. The predicted molar refractivity (Wildman–Crippen MR) is 85.3 cm³/mol. The number of nitrogens with one attached hydrogen (secondary N) is 2. The zero-order valence-electron chi connectivity index (χ0n) is 14.5. The highest BCUT2D eigenvalue weighted by Gasteiger charge is 2.41. The minimum absolute atomic E-state index is 0.00780. The average molecular weight is 311 g/mol. The molecule has 1 saturated heterocycles. The van der Waals surface area contributed by atoms with E-state index in [2.05, 4.69) is 10.6 Å². The molecule has 22 heavy (non-hydrogen) atoms. The molecule has 1 heterocycles. The molecule has 0 saturated carbocycles. The van der Waals surface area contributed by atoms with E-state index >= 15 is 0 Å². The quantitative estimate of drug-likeness (QED) is 0.783.